The van der Waals surface area contributed by atoms with Crippen molar-refractivity contribution in [2.24, 2.45) is 10.3 Å². The van der Waals surface area contributed by atoms with Gasteiger partial charge in [-0.25, -0.2) is 5.01 Å². The van der Waals surface area contributed by atoms with E-state index in [0.29, 0.717) is 23.4 Å². The predicted octanol–water partition coefficient (Wildman–Crippen LogP) is -3.70. The molecule has 7 aromatic heterocycles. The van der Waals surface area contributed by atoms with E-state index in [-0.39, 0.29) is 60.2 Å². The van der Waals surface area contributed by atoms with E-state index in [0.717, 1.165) is 10.3 Å². The Morgan fingerprint density at radius 3 is 2.12 bits per heavy atom. The molecule has 0 saturated carbocycles. The van der Waals surface area contributed by atoms with Gasteiger partial charge in [0, 0.05) is 7.05 Å². The van der Waals surface area contributed by atoms with Gasteiger partial charge in [0.05, 0.1) is 30.3 Å². The minimum absolute atomic E-state index is 0.0320. The number of hydrogen-bond donors (Lipinski definition) is 4. The number of aromatic amines is 2. The summed E-state index contributed by atoms with van der Waals surface area (Å²) in [5.74, 6) is 2.44. The summed E-state index contributed by atoms with van der Waals surface area (Å²) in [4.78, 5) is 17.1. The lowest BCUT2D eigenvalue weighted by molar-refractivity contribution is -0.667. The van der Waals surface area contributed by atoms with Crippen molar-refractivity contribution in [1.29, 1.82) is 0 Å². The van der Waals surface area contributed by atoms with E-state index in [1.54, 1.807) is 7.05 Å². The van der Waals surface area contributed by atoms with Crippen LogP contribution in [0.15, 0.2) is 22.7 Å². The molecule has 0 atom stereocenters. The molecule has 0 radical (unpaired) electrons. The van der Waals surface area contributed by atoms with Gasteiger partial charge < -0.3 is 11.5 Å². The first-order chi connectivity index (χ1) is 24.3. The van der Waals surface area contributed by atoms with Gasteiger partial charge in [-0.1, -0.05) is 25.6 Å². The molecule has 0 saturated heterocycles. The first-order valence-electron chi connectivity index (χ1n) is 14.2. The summed E-state index contributed by atoms with van der Waals surface area (Å²) in [5, 5.41) is 71.9. The fourth-order valence-corrected chi connectivity index (χ4v) is 3.99. The molecule has 29 heteroatoms. The molecule has 0 bridgehead atoms. The van der Waals surface area contributed by atoms with Crippen LogP contribution in [0.1, 0.15) is 43.0 Å². The van der Waals surface area contributed by atoms with E-state index in [4.69, 9.17) is 11.5 Å². The number of rotatable bonds is 11. The van der Waals surface area contributed by atoms with Gasteiger partial charge in [-0.15, -0.1) is 60.8 Å². The number of tetrazole rings is 1. The van der Waals surface area contributed by atoms with Crippen LogP contribution >= 0.6 is 0 Å². The van der Waals surface area contributed by atoms with Gasteiger partial charge in [-0.3, -0.25) is 10.2 Å². The maximum absolute atomic E-state index is 6.06. The number of hydrogen-bond acceptors (Lipinski definition) is 22. The average Bonchev–Trinajstić information content (AvgIpc) is 3.97. The molecule has 252 valence electrons. The second-order valence-electron chi connectivity index (χ2n) is 9.91. The summed E-state index contributed by atoms with van der Waals surface area (Å²) in [6, 6.07) is 0. The van der Waals surface area contributed by atoms with Crippen LogP contribution in [0.4, 0.5) is 17.8 Å². The summed E-state index contributed by atoms with van der Waals surface area (Å²) in [5.41, 5.74) is 12.9. The molecule has 0 amide bonds. The molecular weight excluding hydrogens is 658 g/mol. The van der Waals surface area contributed by atoms with Crippen LogP contribution in [-0.2, 0) is 12.8 Å². The highest BCUT2D eigenvalue weighted by Crippen LogP contribution is 2.13. The van der Waals surface area contributed by atoms with E-state index in [1.807, 2.05) is 19.9 Å². The molecular formula is C21H24N29+. The lowest BCUT2D eigenvalue weighted by Gasteiger charge is -2.02. The van der Waals surface area contributed by atoms with Crippen LogP contribution in [-0.4, -0.2) is 130 Å². The standard InChI is InChI=1S/C21H24N29/c1-5-9(2)14-27-15(22)49(41-14)20-37-31-13(32-38-20)7-11-26-18(36-30-11)47-8-48(45-44-47)19-28-16(23)50(42-19)21-39-33-12(34-40-21)6-10-25-17(35-29-10)46(4)43-24-3/h5,8H,6-7H2,1-4H3,(H2,22,27,41)(H2,23,28,42)(H,25,29,35)(H,26,30,36)/q+1/b9-5+,43-24?. The number of nitrogens with one attached hydrogen (secondary N) is 2. The molecule has 0 aliphatic heterocycles. The maximum atomic E-state index is 6.06. The Morgan fingerprint density at radius 1 is 0.840 bits per heavy atom. The Hall–Kier alpha value is -7.75. The summed E-state index contributed by atoms with van der Waals surface area (Å²) < 4.78 is 4.91. The summed E-state index contributed by atoms with van der Waals surface area (Å²) in [7, 11) is 3.19. The van der Waals surface area contributed by atoms with Crippen LogP contribution in [0.5, 0.6) is 0 Å². The van der Waals surface area contributed by atoms with E-state index >= 15 is 0 Å². The molecule has 0 aliphatic rings. The number of H-pyrrole nitrogens is 2. The molecule has 50 heavy (non-hydrogen) atoms. The van der Waals surface area contributed by atoms with Crippen LogP contribution in [0.25, 0.3) is 29.4 Å². The zero-order valence-corrected chi connectivity index (χ0v) is 26.4. The highest BCUT2D eigenvalue weighted by Gasteiger charge is 2.24. The Bertz CT molecular complexity index is 2300. The monoisotopic (exact) mass is 682 g/mol. The summed E-state index contributed by atoms with van der Waals surface area (Å²) >= 11 is 0. The first kappa shape index (κ1) is 30.9. The van der Waals surface area contributed by atoms with Gasteiger partial charge >= 0.3 is 11.9 Å². The van der Waals surface area contributed by atoms with Crippen LogP contribution in [0.3, 0.4) is 0 Å². The third kappa shape index (κ3) is 6.17. The fraction of sp³-hybridized carbons (Fsp3) is 0.286. The molecule has 0 unspecified atom stereocenters. The lowest BCUT2D eigenvalue weighted by Crippen LogP contribution is -2.34. The van der Waals surface area contributed by atoms with Crippen LogP contribution in [0.2, 0.25) is 0 Å². The van der Waals surface area contributed by atoms with Gasteiger partial charge in [0.25, 0.3) is 23.8 Å². The van der Waals surface area contributed by atoms with E-state index < -0.39 is 0 Å². The van der Waals surface area contributed by atoms with Gasteiger partial charge in [-0.05, 0) is 24.5 Å². The number of allylic oxidation sites excluding steroid dienone is 2. The van der Waals surface area contributed by atoms with Crippen LogP contribution in [0, 0.1) is 0 Å². The van der Waals surface area contributed by atoms with Crippen molar-refractivity contribution in [2.45, 2.75) is 26.7 Å². The number of nitrogens with zero attached hydrogens (tertiary/aromatic N) is 25. The second-order valence-corrected chi connectivity index (χ2v) is 9.91. The predicted molar refractivity (Wildman–Crippen MR) is 161 cm³/mol. The molecule has 7 heterocycles. The Morgan fingerprint density at radius 2 is 1.46 bits per heavy atom. The smallest absolute Gasteiger partial charge is 0.368 e. The fourth-order valence-electron chi connectivity index (χ4n) is 3.99. The van der Waals surface area contributed by atoms with Crippen molar-refractivity contribution >= 4 is 23.4 Å². The van der Waals surface area contributed by atoms with Gasteiger partial charge in [-0.2, -0.15) is 24.7 Å². The van der Waals surface area contributed by atoms with Crippen molar-refractivity contribution in [2.75, 3.05) is 30.6 Å². The van der Waals surface area contributed by atoms with Crippen molar-refractivity contribution in [1.82, 2.24) is 116 Å². The van der Waals surface area contributed by atoms with E-state index in [9.17, 15) is 0 Å². The maximum Gasteiger partial charge on any atom is 0.402 e. The van der Waals surface area contributed by atoms with Gasteiger partial charge in [0.2, 0.25) is 12.3 Å². The first-order valence-corrected chi connectivity index (χ1v) is 14.2. The van der Waals surface area contributed by atoms with Crippen molar-refractivity contribution in [3.63, 3.8) is 0 Å². The van der Waals surface area contributed by atoms with Crippen molar-refractivity contribution in [3.8, 4) is 23.8 Å². The summed E-state index contributed by atoms with van der Waals surface area (Å²) in [6.07, 6.45) is 3.59. The van der Waals surface area contributed by atoms with Gasteiger partial charge in [0.1, 0.15) is 11.6 Å². The highest BCUT2D eigenvalue weighted by atomic mass is 15.6. The molecule has 0 spiro atoms. The highest BCUT2D eigenvalue weighted by molar-refractivity contribution is 5.57. The van der Waals surface area contributed by atoms with Crippen molar-refractivity contribution < 1.29 is 4.68 Å². The lowest BCUT2D eigenvalue weighted by atomic mass is 10.3. The Labute approximate surface area is 277 Å². The number of nitrogen functional groups attached to an aromatic ring is 2. The third-order valence-corrected chi connectivity index (χ3v) is 6.50. The van der Waals surface area contributed by atoms with E-state index in [1.165, 1.54) is 32.4 Å². The number of aromatic nitrogens is 24. The Balaban J connectivity index is 1.00. The molecule has 7 rings (SSSR count). The van der Waals surface area contributed by atoms with Gasteiger partial charge in [0.15, 0.2) is 17.5 Å². The number of nitrogens with two attached hydrogens (primary N) is 2. The van der Waals surface area contributed by atoms with Crippen molar-refractivity contribution in [3.05, 3.63) is 41.5 Å². The topological polar surface area (TPSA) is 362 Å². The number of anilines is 3. The molecule has 0 fully saturated rings. The minimum Gasteiger partial charge on any atom is -0.368 e. The van der Waals surface area contributed by atoms with Crippen LogP contribution < -0.4 is 21.2 Å². The third-order valence-electron chi connectivity index (χ3n) is 6.50. The Kier molecular flexibility index (Phi) is 7.91. The molecule has 6 N–H and O–H groups in total. The zero-order chi connectivity index (χ0) is 34.8. The zero-order valence-electron chi connectivity index (χ0n) is 26.4. The quantitative estimate of drug-likeness (QED) is 0.0579. The SMILES string of the molecule is C/C=C(\C)c1nc(N)n(-c2nnc(Cc3nc(-n4c[n+](-c5nc(N)n(-c6nnc(Cc7nc(N(C)N=NC)n[nH]7)nn6)n5)nn4)n[nH]3)nn2)n1. The summed E-state index contributed by atoms with van der Waals surface area (Å²) in [6.45, 7) is 3.73. The molecule has 0 aromatic carbocycles. The average molecular weight is 683 g/mol. The minimum atomic E-state index is -0.0559. The molecule has 29 nitrogen and oxygen atoms in total. The van der Waals surface area contributed by atoms with E-state index in [2.05, 4.69) is 112 Å². The molecule has 7 aromatic rings. The second kappa shape index (κ2) is 12.8. The molecule has 0 aliphatic carbocycles. The largest absolute Gasteiger partial charge is 0.402 e. The normalized spacial score (nSPS) is 12.0.